The van der Waals surface area contributed by atoms with Crippen molar-refractivity contribution in [1.82, 2.24) is 15.1 Å². The van der Waals surface area contributed by atoms with Crippen molar-refractivity contribution in [2.75, 3.05) is 12.8 Å². The van der Waals surface area contributed by atoms with E-state index in [2.05, 4.69) is 10.4 Å². The third-order valence-corrected chi connectivity index (χ3v) is 4.74. The minimum atomic E-state index is -4.68. The Bertz CT molecular complexity index is 1260. The largest absolute Gasteiger partial charge is 0.496 e. The fourth-order valence-corrected chi connectivity index (χ4v) is 3.18. The molecule has 3 aromatic rings. The summed E-state index contributed by atoms with van der Waals surface area (Å²) in [7, 11) is 1.30. The fourth-order valence-electron chi connectivity index (χ4n) is 3.18. The van der Waals surface area contributed by atoms with Gasteiger partial charge in [0.15, 0.2) is 0 Å². The van der Waals surface area contributed by atoms with Crippen molar-refractivity contribution in [3.05, 3.63) is 64.7 Å². The van der Waals surface area contributed by atoms with Crippen LogP contribution in [0.2, 0.25) is 0 Å². The maximum Gasteiger partial charge on any atom is 0.408 e. The molecule has 13 heteroatoms. The van der Waals surface area contributed by atoms with Crippen LogP contribution in [0.1, 0.15) is 26.3 Å². The van der Waals surface area contributed by atoms with E-state index in [1.54, 1.807) is 0 Å². The number of carbonyl (C=O) groups excluding carboxylic acids is 2. The van der Waals surface area contributed by atoms with Crippen LogP contribution in [0, 0.1) is 11.6 Å². The van der Waals surface area contributed by atoms with Crippen molar-refractivity contribution < 1.29 is 36.3 Å². The first-order chi connectivity index (χ1) is 15.9. The van der Waals surface area contributed by atoms with Gasteiger partial charge in [0.2, 0.25) is 0 Å². The summed E-state index contributed by atoms with van der Waals surface area (Å²) in [4.78, 5) is 24.1. The molecule has 180 valence electrons. The molecule has 0 spiro atoms. The number of alkyl halides is 3. The van der Waals surface area contributed by atoms with Crippen molar-refractivity contribution in [2.24, 2.45) is 5.73 Å². The van der Waals surface area contributed by atoms with Crippen LogP contribution in [-0.4, -0.2) is 34.9 Å². The van der Waals surface area contributed by atoms with Crippen LogP contribution >= 0.6 is 0 Å². The predicted octanol–water partition coefficient (Wildman–Crippen LogP) is 3.01. The van der Waals surface area contributed by atoms with Crippen LogP contribution in [0.3, 0.4) is 0 Å². The first-order valence-electron chi connectivity index (χ1n) is 9.54. The van der Waals surface area contributed by atoms with Gasteiger partial charge in [-0.1, -0.05) is 12.1 Å². The number of methoxy groups -OCH3 is 1. The number of hydrogen-bond acceptors (Lipinski definition) is 5. The minimum Gasteiger partial charge on any atom is -0.496 e. The molecule has 34 heavy (non-hydrogen) atoms. The molecule has 0 aliphatic rings. The van der Waals surface area contributed by atoms with Crippen LogP contribution in [0.4, 0.5) is 27.8 Å². The molecule has 0 saturated carbocycles. The molecule has 1 aromatic heterocycles. The molecule has 0 bridgehead atoms. The van der Waals surface area contributed by atoms with Gasteiger partial charge >= 0.3 is 6.18 Å². The molecule has 0 aliphatic heterocycles. The molecule has 2 amide bonds. The second kappa shape index (κ2) is 9.37. The second-order valence-corrected chi connectivity index (χ2v) is 7.08. The Balaban J connectivity index is 1.86. The molecule has 8 nitrogen and oxygen atoms in total. The molecule has 5 N–H and O–H groups in total. The Hall–Kier alpha value is -4.16. The van der Waals surface area contributed by atoms with Gasteiger partial charge in [-0.15, -0.1) is 0 Å². The first-order valence-corrected chi connectivity index (χ1v) is 9.54. The molecule has 1 heterocycles. The molecule has 2 aromatic carbocycles. The lowest BCUT2D eigenvalue weighted by Gasteiger charge is -2.10. The average Bonchev–Trinajstić information content (AvgIpc) is 3.07. The van der Waals surface area contributed by atoms with Gasteiger partial charge in [0.05, 0.1) is 12.7 Å². The highest BCUT2D eigenvalue weighted by Crippen LogP contribution is 2.30. The lowest BCUT2D eigenvalue weighted by atomic mass is 10.0. The third-order valence-electron chi connectivity index (χ3n) is 4.74. The highest BCUT2D eigenvalue weighted by molar-refractivity contribution is 6.03. The fraction of sp³-hybridized carbons (Fsp3) is 0.190. The Morgan fingerprint density at radius 2 is 1.85 bits per heavy atom. The number of nitrogen functional groups attached to an aromatic ring is 1. The van der Waals surface area contributed by atoms with E-state index in [0.29, 0.717) is 4.68 Å². The topological polar surface area (TPSA) is 125 Å². The number of anilines is 1. The van der Waals surface area contributed by atoms with Gasteiger partial charge in [0.25, 0.3) is 11.8 Å². The number of ether oxygens (including phenoxy) is 1. The van der Waals surface area contributed by atoms with Gasteiger partial charge in [0.1, 0.15) is 41.0 Å². The summed E-state index contributed by atoms with van der Waals surface area (Å²) in [5.74, 6) is -3.89. The van der Waals surface area contributed by atoms with Crippen molar-refractivity contribution >= 4 is 17.6 Å². The van der Waals surface area contributed by atoms with Gasteiger partial charge in [-0.25, -0.2) is 13.5 Å². The maximum atomic E-state index is 14.7. The Labute approximate surface area is 189 Å². The Morgan fingerprint density at radius 1 is 1.15 bits per heavy atom. The monoisotopic (exact) mass is 483 g/mol. The van der Waals surface area contributed by atoms with Crippen LogP contribution < -0.4 is 21.5 Å². The average molecular weight is 483 g/mol. The number of rotatable bonds is 7. The van der Waals surface area contributed by atoms with Gasteiger partial charge in [-0.05, 0) is 24.3 Å². The summed E-state index contributed by atoms with van der Waals surface area (Å²) in [5, 5.41) is 6.10. The zero-order chi connectivity index (χ0) is 25.2. The summed E-state index contributed by atoms with van der Waals surface area (Å²) in [6, 6.07) is 6.75. The van der Waals surface area contributed by atoms with E-state index in [1.165, 1.54) is 25.3 Å². The first kappa shape index (κ1) is 24.5. The predicted molar refractivity (Wildman–Crippen MR) is 111 cm³/mol. The molecule has 0 aliphatic carbocycles. The molecule has 0 fully saturated rings. The highest BCUT2D eigenvalue weighted by Gasteiger charge is 2.32. The summed E-state index contributed by atoms with van der Waals surface area (Å²) >= 11 is 0. The summed E-state index contributed by atoms with van der Waals surface area (Å²) < 4.78 is 71.9. The van der Waals surface area contributed by atoms with Crippen molar-refractivity contribution in [3.8, 4) is 17.0 Å². The number of hydrogen-bond donors (Lipinski definition) is 3. The van der Waals surface area contributed by atoms with E-state index in [0.717, 1.165) is 18.2 Å². The Kier molecular flexibility index (Phi) is 6.75. The molecule has 0 unspecified atom stereocenters. The number of nitrogens with zero attached hydrogens (tertiary/aromatic N) is 2. The number of nitrogens with one attached hydrogen (secondary N) is 1. The van der Waals surface area contributed by atoms with Crippen LogP contribution in [-0.2, 0) is 13.1 Å². The maximum absolute atomic E-state index is 14.7. The lowest BCUT2D eigenvalue weighted by Crippen LogP contribution is -2.24. The van der Waals surface area contributed by atoms with E-state index in [4.69, 9.17) is 16.2 Å². The summed E-state index contributed by atoms with van der Waals surface area (Å²) in [6.07, 6.45) is -4.68. The van der Waals surface area contributed by atoms with Gasteiger partial charge < -0.3 is 21.5 Å². The summed E-state index contributed by atoms with van der Waals surface area (Å²) in [6.45, 7) is -1.88. The number of primary amides is 1. The van der Waals surface area contributed by atoms with Gasteiger partial charge in [0, 0.05) is 17.7 Å². The Morgan fingerprint density at radius 3 is 2.44 bits per heavy atom. The minimum absolute atomic E-state index is 0.00390. The zero-order valence-electron chi connectivity index (χ0n) is 17.5. The van der Waals surface area contributed by atoms with E-state index in [-0.39, 0.29) is 34.7 Å². The number of halogens is 5. The van der Waals surface area contributed by atoms with E-state index < -0.39 is 47.6 Å². The SMILES string of the molecule is COc1ccc(F)cc1C(=O)NCc1ccc(-c2nn(CC(F)(F)F)c(N)c2C(N)=O)cc1F. The van der Waals surface area contributed by atoms with E-state index in [9.17, 15) is 31.5 Å². The third kappa shape index (κ3) is 5.24. The number of nitrogens with two attached hydrogens (primary N) is 2. The number of benzene rings is 2. The number of carbonyl (C=O) groups is 2. The molecule has 0 radical (unpaired) electrons. The van der Waals surface area contributed by atoms with Crippen LogP contribution in [0.15, 0.2) is 36.4 Å². The number of amides is 2. The second-order valence-electron chi connectivity index (χ2n) is 7.08. The molecule has 0 atom stereocenters. The molecule has 3 rings (SSSR count). The quantitative estimate of drug-likeness (QED) is 0.446. The lowest BCUT2D eigenvalue weighted by molar-refractivity contribution is -0.142. The van der Waals surface area contributed by atoms with Crippen molar-refractivity contribution in [3.63, 3.8) is 0 Å². The zero-order valence-corrected chi connectivity index (χ0v) is 17.5. The normalized spacial score (nSPS) is 11.4. The number of aromatic nitrogens is 2. The molecular weight excluding hydrogens is 465 g/mol. The molecule has 0 saturated heterocycles. The van der Waals surface area contributed by atoms with Crippen LogP contribution in [0.5, 0.6) is 5.75 Å². The van der Waals surface area contributed by atoms with Crippen molar-refractivity contribution in [1.29, 1.82) is 0 Å². The smallest absolute Gasteiger partial charge is 0.408 e. The molecular formula is C21H18F5N5O3. The van der Waals surface area contributed by atoms with Gasteiger partial charge in [-0.3, -0.25) is 9.59 Å². The van der Waals surface area contributed by atoms with E-state index >= 15 is 0 Å². The van der Waals surface area contributed by atoms with Crippen LogP contribution in [0.25, 0.3) is 11.3 Å². The van der Waals surface area contributed by atoms with Crippen molar-refractivity contribution in [2.45, 2.75) is 19.3 Å². The van der Waals surface area contributed by atoms with E-state index in [1.807, 2.05) is 0 Å². The standard InChI is InChI=1S/C21H18F5N5O3/c1-34-15-5-4-12(22)7-13(15)20(33)29-8-11-3-2-10(6-14(11)23)17-16(19(28)32)18(27)31(30-17)9-21(24,25)26/h2-7H,8-9,27H2,1H3,(H2,28,32)(H,29,33). The highest BCUT2D eigenvalue weighted by atomic mass is 19.4. The van der Waals surface area contributed by atoms with Gasteiger partial charge in [-0.2, -0.15) is 18.3 Å². The summed E-state index contributed by atoms with van der Waals surface area (Å²) in [5.41, 5.74) is 9.88.